The summed E-state index contributed by atoms with van der Waals surface area (Å²) >= 11 is 0. The van der Waals surface area contributed by atoms with Gasteiger partial charge in [0.15, 0.2) is 0 Å². The number of alkyl halides is 3. The molecular formula is C23H28F3N5O2. The summed E-state index contributed by atoms with van der Waals surface area (Å²) in [7, 11) is 0. The molecular weight excluding hydrogens is 435 g/mol. The number of likely N-dealkylation sites (tertiary alicyclic amines) is 1. The Labute approximate surface area is 190 Å². The number of rotatable bonds is 6. The molecule has 10 heteroatoms. The molecule has 4 rings (SSSR count). The first-order valence-corrected chi connectivity index (χ1v) is 11.2. The maximum atomic E-state index is 12.8. The van der Waals surface area contributed by atoms with Gasteiger partial charge in [-0.3, -0.25) is 19.2 Å². The SMILES string of the molecule is Cc1cnn([C@H]2CC[C@@H](N3CC(NC(=O)CNC(=O)c4cccc(C(F)(F)F)c4)C3)CC2)c1. The summed E-state index contributed by atoms with van der Waals surface area (Å²) in [5.74, 6) is -1.06. The zero-order chi connectivity index (χ0) is 23.6. The van der Waals surface area contributed by atoms with Gasteiger partial charge in [0.25, 0.3) is 5.91 Å². The van der Waals surface area contributed by atoms with E-state index in [0.717, 1.165) is 50.9 Å². The third kappa shape index (κ3) is 5.73. The maximum Gasteiger partial charge on any atom is 0.416 e. The Morgan fingerprint density at radius 1 is 1.12 bits per heavy atom. The van der Waals surface area contributed by atoms with Gasteiger partial charge in [-0.1, -0.05) is 6.07 Å². The van der Waals surface area contributed by atoms with Crippen LogP contribution < -0.4 is 10.6 Å². The number of aryl methyl sites for hydroxylation is 1. The fourth-order valence-electron chi connectivity index (χ4n) is 4.60. The van der Waals surface area contributed by atoms with Crippen molar-refractivity contribution < 1.29 is 22.8 Å². The van der Waals surface area contributed by atoms with Crippen LogP contribution in [0, 0.1) is 6.92 Å². The van der Waals surface area contributed by atoms with Crippen LogP contribution in [0.5, 0.6) is 0 Å². The largest absolute Gasteiger partial charge is 0.416 e. The first kappa shape index (κ1) is 23.3. The second kappa shape index (κ2) is 9.54. The minimum absolute atomic E-state index is 0.0226. The molecule has 1 aliphatic carbocycles. The van der Waals surface area contributed by atoms with Gasteiger partial charge in [0.1, 0.15) is 0 Å². The molecule has 2 N–H and O–H groups in total. The van der Waals surface area contributed by atoms with E-state index in [1.54, 1.807) is 0 Å². The predicted molar refractivity (Wildman–Crippen MR) is 116 cm³/mol. The third-order valence-electron chi connectivity index (χ3n) is 6.42. The number of hydrogen-bond acceptors (Lipinski definition) is 4. The fourth-order valence-corrected chi connectivity index (χ4v) is 4.60. The zero-order valence-electron chi connectivity index (χ0n) is 18.4. The Balaban J connectivity index is 1.15. The van der Waals surface area contributed by atoms with Crippen molar-refractivity contribution in [2.75, 3.05) is 19.6 Å². The second-order valence-corrected chi connectivity index (χ2v) is 8.94. The minimum atomic E-state index is -4.53. The fraction of sp³-hybridized carbons (Fsp3) is 0.522. The molecule has 1 saturated carbocycles. The van der Waals surface area contributed by atoms with Crippen LogP contribution in [0.15, 0.2) is 36.7 Å². The van der Waals surface area contributed by atoms with Crippen LogP contribution >= 0.6 is 0 Å². The van der Waals surface area contributed by atoms with E-state index in [2.05, 4.69) is 31.5 Å². The number of nitrogens with zero attached hydrogens (tertiary/aromatic N) is 3. The first-order chi connectivity index (χ1) is 15.7. The standard InChI is InChI=1S/C23H28F3N5O2/c1-15-10-28-31(12-15)20-7-5-19(6-8-20)30-13-18(14-30)29-21(32)11-27-22(33)16-3-2-4-17(9-16)23(24,25)26/h2-4,9-10,12,18-20H,5-8,11,13-14H2,1H3,(H,27,33)(H,29,32)/t19-,20+. The van der Waals surface area contributed by atoms with Crippen molar-refractivity contribution in [2.24, 2.45) is 0 Å². The predicted octanol–water partition coefficient (Wildman–Crippen LogP) is 2.92. The summed E-state index contributed by atoms with van der Waals surface area (Å²) in [5, 5.41) is 9.69. The Morgan fingerprint density at radius 3 is 2.45 bits per heavy atom. The van der Waals surface area contributed by atoms with E-state index in [1.807, 2.05) is 13.1 Å². The number of benzene rings is 1. The quantitative estimate of drug-likeness (QED) is 0.691. The van der Waals surface area contributed by atoms with Crippen molar-refractivity contribution in [3.8, 4) is 0 Å². The highest BCUT2D eigenvalue weighted by atomic mass is 19.4. The minimum Gasteiger partial charge on any atom is -0.349 e. The highest BCUT2D eigenvalue weighted by molar-refractivity contribution is 5.96. The molecule has 2 aliphatic rings. The highest BCUT2D eigenvalue weighted by Gasteiger charge is 2.35. The smallest absolute Gasteiger partial charge is 0.349 e. The molecule has 2 heterocycles. The molecule has 1 aromatic carbocycles. The van der Waals surface area contributed by atoms with Crippen molar-refractivity contribution in [1.82, 2.24) is 25.3 Å². The van der Waals surface area contributed by atoms with E-state index >= 15 is 0 Å². The van der Waals surface area contributed by atoms with E-state index in [4.69, 9.17) is 0 Å². The first-order valence-electron chi connectivity index (χ1n) is 11.2. The molecule has 1 saturated heterocycles. The van der Waals surface area contributed by atoms with Crippen LogP contribution in [0.3, 0.4) is 0 Å². The van der Waals surface area contributed by atoms with Crippen LogP contribution in [0.2, 0.25) is 0 Å². The van der Waals surface area contributed by atoms with Gasteiger partial charge >= 0.3 is 6.18 Å². The van der Waals surface area contributed by atoms with Crippen molar-refractivity contribution in [3.63, 3.8) is 0 Å². The lowest BCUT2D eigenvalue weighted by atomic mass is 9.88. The normalized spacial score (nSPS) is 21.9. The summed E-state index contributed by atoms with van der Waals surface area (Å²) in [6.07, 6.45) is 3.81. The van der Waals surface area contributed by atoms with E-state index in [1.165, 1.54) is 17.7 Å². The van der Waals surface area contributed by atoms with E-state index in [0.29, 0.717) is 12.1 Å². The van der Waals surface area contributed by atoms with E-state index in [9.17, 15) is 22.8 Å². The summed E-state index contributed by atoms with van der Waals surface area (Å²) in [6, 6.07) is 5.11. The molecule has 0 unspecified atom stereocenters. The summed E-state index contributed by atoms with van der Waals surface area (Å²) in [5.41, 5.74) is 0.140. The van der Waals surface area contributed by atoms with E-state index < -0.39 is 17.6 Å². The Bertz CT molecular complexity index is 992. The summed E-state index contributed by atoms with van der Waals surface area (Å²) in [6.45, 7) is 3.30. The summed E-state index contributed by atoms with van der Waals surface area (Å²) < 4.78 is 40.5. The third-order valence-corrected chi connectivity index (χ3v) is 6.42. The van der Waals surface area contributed by atoms with Crippen LogP contribution in [0.4, 0.5) is 13.2 Å². The average Bonchev–Trinajstić information content (AvgIpc) is 3.20. The van der Waals surface area contributed by atoms with Gasteiger partial charge in [-0.05, 0) is 56.4 Å². The molecule has 2 aromatic rings. The van der Waals surface area contributed by atoms with Gasteiger partial charge in [0, 0.05) is 30.9 Å². The van der Waals surface area contributed by atoms with Crippen molar-refractivity contribution in [2.45, 2.75) is 56.9 Å². The van der Waals surface area contributed by atoms with E-state index in [-0.39, 0.29) is 24.1 Å². The number of aromatic nitrogens is 2. The highest BCUT2D eigenvalue weighted by Crippen LogP contribution is 2.32. The van der Waals surface area contributed by atoms with Gasteiger partial charge in [-0.15, -0.1) is 0 Å². The molecule has 1 aliphatic heterocycles. The Morgan fingerprint density at radius 2 is 1.82 bits per heavy atom. The molecule has 1 aromatic heterocycles. The Hall–Kier alpha value is -2.88. The molecule has 7 nitrogen and oxygen atoms in total. The topological polar surface area (TPSA) is 79.3 Å². The van der Waals surface area contributed by atoms with Crippen LogP contribution in [0.1, 0.15) is 53.2 Å². The van der Waals surface area contributed by atoms with Crippen LogP contribution in [-0.2, 0) is 11.0 Å². The number of hydrogen-bond donors (Lipinski definition) is 2. The lowest BCUT2D eigenvalue weighted by molar-refractivity contribution is -0.137. The number of nitrogens with one attached hydrogen (secondary N) is 2. The number of amides is 2. The number of carbonyl (C=O) groups is 2. The molecule has 0 atom stereocenters. The number of carbonyl (C=O) groups excluding carboxylic acids is 2. The average molecular weight is 464 g/mol. The molecule has 2 fully saturated rings. The molecule has 178 valence electrons. The lowest BCUT2D eigenvalue weighted by Gasteiger charge is -2.46. The Kier molecular flexibility index (Phi) is 6.73. The molecule has 0 bridgehead atoms. The van der Waals surface area contributed by atoms with Crippen LogP contribution in [0.25, 0.3) is 0 Å². The molecule has 0 spiro atoms. The maximum absolute atomic E-state index is 12.8. The molecule has 33 heavy (non-hydrogen) atoms. The monoisotopic (exact) mass is 463 g/mol. The lowest BCUT2D eigenvalue weighted by Crippen LogP contribution is -2.63. The van der Waals surface area contributed by atoms with Crippen LogP contribution in [-0.4, -0.2) is 58.2 Å². The van der Waals surface area contributed by atoms with Crippen molar-refractivity contribution in [1.29, 1.82) is 0 Å². The van der Waals surface area contributed by atoms with Gasteiger partial charge in [0.05, 0.1) is 30.4 Å². The number of halogens is 3. The molecule has 0 radical (unpaired) electrons. The molecule has 2 amide bonds. The van der Waals surface area contributed by atoms with Gasteiger partial charge in [0.2, 0.25) is 5.91 Å². The summed E-state index contributed by atoms with van der Waals surface area (Å²) in [4.78, 5) is 26.6. The van der Waals surface area contributed by atoms with Gasteiger partial charge in [-0.25, -0.2) is 0 Å². The van der Waals surface area contributed by atoms with Gasteiger partial charge in [-0.2, -0.15) is 18.3 Å². The van der Waals surface area contributed by atoms with Crippen molar-refractivity contribution >= 4 is 11.8 Å². The van der Waals surface area contributed by atoms with Crippen molar-refractivity contribution in [3.05, 3.63) is 53.3 Å². The second-order valence-electron chi connectivity index (χ2n) is 8.94. The zero-order valence-corrected chi connectivity index (χ0v) is 18.4. The van der Waals surface area contributed by atoms with Gasteiger partial charge < -0.3 is 10.6 Å².